The fraction of sp³-hybridized carbons (Fsp3) is 0.700. The van der Waals surface area contributed by atoms with Crippen molar-refractivity contribution in [2.24, 2.45) is 0 Å². The number of nitriles is 1. The Hall–Kier alpha value is -0.633. The van der Waals surface area contributed by atoms with Gasteiger partial charge >= 0.3 is 0 Å². The minimum atomic E-state index is -1.57. The van der Waals surface area contributed by atoms with Crippen molar-refractivity contribution in [1.82, 2.24) is 0 Å². The molecule has 0 radical (unpaired) electrons. The Morgan fingerprint density at radius 1 is 1.50 bits per heavy atom. The highest BCUT2D eigenvalue weighted by Gasteiger charge is 2.20. The normalized spacial score (nSPS) is 13.3. The van der Waals surface area contributed by atoms with E-state index in [4.69, 9.17) is 14.4 Å². The van der Waals surface area contributed by atoms with Crippen molar-refractivity contribution in [3.05, 3.63) is 12.7 Å². The van der Waals surface area contributed by atoms with Crippen molar-refractivity contribution in [3.8, 4) is 6.07 Å². The summed E-state index contributed by atoms with van der Waals surface area (Å²) in [6, 6.07) is 2.11. The van der Waals surface area contributed by atoms with Gasteiger partial charge in [0.15, 0.2) is 8.32 Å². The van der Waals surface area contributed by atoms with Gasteiger partial charge in [-0.2, -0.15) is 5.26 Å². The first-order valence-electron chi connectivity index (χ1n) is 4.73. The molecule has 14 heavy (non-hydrogen) atoms. The van der Waals surface area contributed by atoms with E-state index in [9.17, 15) is 0 Å². The zero-order chi connectivity index (χ0) is 11.0. The van der Waals surface area contributed by atoms with Crippen molar-refractivity contribution in [1.29, 1.82) is 5.26 Å². The van der Waals surface area contributed by atoms with Gasteiger partial charge < -0.3 is 9.16 Å². The smallest absolute Gasteiger partial charge is 0.184 e. The van der Waals surface area contributed by atoms with Crippen molar-refractivity contribution in [3.63, 3.8) is 0 Å². The second-order valence-electron chi connectivity index (χ2n) is 4.04. The first-order valence-corrected chi connectivity index (χ1v) is 8.14. The minimum Gasteiger partial charge on any atom is -0.411 e. The quantitative estimate of drug-likeness (QED) is 0.370. The molecule has 0 amide bonds. The molecule has 0 rings (SSSR count). The largest absolute Gasteiger partial charge is 0.411 e. The summed E-state index contributed by atoms with van der Waals surface area (Å²) in [6.07, 6.45) is 1.99. The summed E-state index contributed by atoms with van der Waals surface area (Å²) in [5, 5.41) is 8.60. The highest BCUT2D eigenvalue weighted by molar-refractivity contribution is 6.69. The van der Waals surface area contributed by atoms with Gasteiger partial charge in [-0.25, -0.2) is 0 Å². The molecule has 1 unspecified atom stereocenters. The van der Waals surface area contributed by atoms with E-state index in [2.05, 4.69) is 32.3 Å². The number of nitrogens with zero attached hydrogens (tertiary/aromatic N) is 1. The summed E-state index contributed by atoms with van der Waals surface area (Å²) in [4.78, 5) is 0. The van der Waals surface area contributed by atoms with E-state index in [1.807, 2.05) is 0 Å². The lowest BCUT2D eigenvalue weighted by atomic mass is 10.3. The van der Waals surface area contributed by atoms with Gasteiger partial charge in [0.25, 0.3) is 0 Å². The first-order chi connectivity index (χ1) is 6.49. The molecule has 0 heterocycles. The summed E-state index contributed by atoms with van der Waals surface area (Å²) in [7, 11) is -1.57. The van der Waals surface area contributed by atoms with Gasteiger partial charge in [-0.05, 0) is 19.6 Å². The molecule has 80 valence electrons. The van der Waals surface area contributed by atoms with Crippen LogP contribution in [0.25, 0.3) is 0 Å². The molecule has 0 aromatic carbocycles. The molecule has 0 bridgehead atoms. The minimum absolute atomic E-state index is 0.0911. The molecule has 0 aliphatic heterocycles. The van der Waals surface area contributed by atoms with Crippen LogP contribution in [-0.2, 0) is 9.16 Å². The van der Waals surface area contributed by atoms with E-state index in [-0.39, 0.29) is 6.10 Å². The topological polar surface area (TPSA) is 42.2 Å². The zero-order valence-corrected chi connectivity index (χ0v) is 10.2. The lowest BCUT2D eigenvalue weighted by molar-refractivity contribution is 0.0624. The Labute approximate surface area is 87.5 Å². The maximum Gasteiger partial charge on any atom is 0.184 e. The lowest BCUT2D eigenvalue weighted by Crippen LogP contribution is -2.34. The monoisotopic (exact) mass is 213 g/mol. The number of rotatable bonds is 7. The van der Waals surface area contributed by atoms with Crippen LogP contribution in [0.15, 0.2) is 12.7 Å². The number of hydrogen-bond acceptors (Lipinski definition) is 3. The molecule has 0 saturated heterocycles. The van der Waals surface area contributed by atoms with Crippen LogP contribution >= 0.6 is 0 Å². The van der Waals surface area contributed by atoms with Crippen LogP contribution in [-0.4, -0.2) is 27.6 Å². The molecular formula is C10H19NO2Si. The Morgan fingerprint density at radius 3 is 2.57 bits per heavy atom. The second kappa shape index (κ2) is 6.77. The Balaban J connectivity index is 3.90. The van der Waals surface area contributed by atoms with Gasteiger partial charge in [0.2, 0.25) is 0 Å². The Kier molecular flexibility index (Phi) is 6.46. The van der Waals surface area contributed by atoms with Gasteiger partial charge in [0.1, 0.15) is 0 Å². The Morgan fingerprint density at radius 2 is 2.14 bits per heavy atom. The van der Waals surface area contributed by atoms with Crippen LogP contribution in [0.3, 0.4) is 0 Å². The van der Waals surface area contributed by atoms with Gasteiger partial charge in [-0.1, -0.05) is 6.08 Å². The molecule has 3 nitrogen and oxygen atoms in total. The lowest BCUT2D eigenvalue weighted by Gasteiger charge is -2.24. The van der Waals surface area contributed by atoms with Gasteiger partial charge in [-0.15, -0.1) is 6.58 Å². The summed E-state index contributed by atoms with van der Waals surface area (Å²) in [6.45, 7) is 10.8. The predicted molar refractivity (Wildman–Crippen MR) is 59.5 cm³/mol. The zero-order valence-electron chi connectivity index (χ0n) is 9.25. The third-order valence-corrected chi connectivity index (χ3v) is 2.42. The third kappa shape index (κ3) is 7.99. The van der Waals surface area contributed by atoms with Gasteiger partial charge in [0, 0.05) is 0 Å². The summed E-state index contributed by atoms with van der Waals surface area (Å²) in [5.74, 6) is 0. The standard InChI is InChI=1S/C10H19NO2Si/c1-5-8-12-9-10(6-7-11)13-14(2,3)4/h5,10H,1,6,8-9H2,2-4H3. The fourth-order valence-electron chi connectivity index (χ4n) is 1.02. The summed E-state index contributed by atoms with van der Waals surface area (Å²) in [5.41, 5.74) is 0. The van der Waals surface area contributed by atoms with E-state index in [1.165, 1.54) is 0 Å². The molecule has 0 aliphatic rings. The molecule has 0 aromatic rings. The van der Waals surface area contributed by atoms with Gasteiger partial charge in [0.05, 0.1) is 31.8 Å². The fourth-order valence-corrected chi connectivity index (χ4v) is 2.17. The van der Waals surface area contributed by atoms with E-state index >= 15 is 0 Å². The average Bonchev–Trinajstić information content (AvgIpc) is 2.02. The number of ether oxygens (including phenoxy) is 1. The molecule has 1 atom stereocenters. The highest BCUT2D eigenvalue weighted by atomic mass is 28.4. The maximum absolute atomic E-state index is 8.60. The second-order valence-corrected chi connectivity index (χ2v) is 8.50. The highest BCUT2D eigenvalue weighted by Crippen LogP contribution is 2.10. The van der Waals surface area contributed by atoms with Crippen LogP contribution in [0.4, 0.5) is 0 Å². The van der Waals surface area contributed by atoms with E-state index in [0.717, 1.165) is 0 Å². The van der Waals surface area contributed by atoms with Crippen molar-refractivity contribution in [2.75, 3.05) is 13.2 Å². The summed E-state index contributed by atoms with van der Waals surface area (Å²) < 4.78 is 11.1. The number of hydrogen-bond donors (Lipinski definition) is 0. The Bertz CT molecular complexity index is 205. The molecule has 0 fully saturated rings. The first kappa shape index (κ1) is 13.4. The van der Waals surface area contributed by atoms with E-state index in [0.29, 0.717) is 19.6 Å². The van der Waals surface area contributed by atoms with Crippen LogP contribution in [0.2, 0.25) is 19.6 Å². The van der Waals surface area contributed by atoms with Crippen LogP contribution in [0.1, 0.15) is 6.42 Å². The van der Waals surface area contributed by atoms with Crippen molar-refractivity contribution in [2.45, 2.75) is 32.2 Å². The van der Waals surface area contributed by atoms with Crippen LogP contribution < -0.4 is 0 Å². The molecule has 0 N–H and O–H groups in total. The van der Waals surface area contributed by atoms with Crippen molar-refractivity contribution >= 4 is 8.32 Å². The third-order valence-electron chi connectivity index (χ3n) is 1.38. The van der Waals surface area contributed by atoms with Crippen molar-refractivity contribution < 1.29 is 9.16 Å². The summed E-state index contributed by atoms with van der Waals surface area (Å²) >= 11 is 0. The molecular weight excluding hydrogens is 194 g/mol. The predicted octanol–water partition coefficient (Wildman–Crippen LogP) is 2.32. The molecule has 0 aromatic heterocycles. The molecule has 0 saturated carbocycles. The average molecular weight is 213 g/mol. The van der Waals surface area contributed by atoms with E-state index in [1.54, 1.807) is 6.08 Å². The van der Waals surface area contributed by atoms with Crippen LogP contribution in [0.5, 0.6) is 0 Å². The van der Waals surface area contributed by atoms with Gasteiger partial charge in [-0.3, -0.25) is 0 Å². The maximum atomic E-state index is 8.60. The molecule has 0 spiro atoms. The van der Waals surface area contributed by atoms with Crippen LogP contribution in [0, 0.1) is 11.3 Å². The van der Waals surface area contributed by atoms with E-state index < -0.39 is 8.32 Å². The molecule has 0 aliphatic carbocycles. The molecule has 4 heteroatoms. The SMILES string of the molecule is C=CCOCC(CC#N)O[Si](C)(C)C.